The molecule has 1 N–H and O–H groups in total. The summed E-state index contributed by atoms with van der Waals surface area (Å²) in [6.45, 7) is 0.385. The molecule has 1 aliphatic rings. The molecule has 1 aliphatic heterocycles. The Morgan fingerprint density at radius 1 is 1.42 bits per heavy atom. The van der Waals surface area contributed by atoms with Crippen molar-refractivity contribution in [2.45, 2.75) is 25.0 Å². The van der Waals surface area contributed by atoms with E-state index in [-0.39, 0.29) is 12.1 Å². The minimum Gasteiger partial charge on any atom is -0.465 e. The highest BCUT2D eigenvalue weighted by Crippen LogP contribution is 2.31. The fourth-order valence-electron chi connectivity index (χ4n) is 2.47. The Hall–Kier alpha value is -2.06. The first kappa shape index (κ1) is 13.4. The van der Waals surface area contributed by atoms with Gasteiger partial charge in [-0.3, -0.25) is 4.90 Å². The minimum atomic E-state index is -0.934. The van der Waals surface area contributed by atoms with Crippen LogP contribution in [0.4, 0.5) is 4.79 Å². The van der Waals surface area contributed by atoms with Gasteiger partial charge in [-0.15, -0.1) is 0 Å². The number of carboxylic acid groups (broad SMARTS) is 1. The second-order valence-corrected chi connectivity index (χ2v) is 4.62. The van der Waals surface area contributed by atoms with E-state index in [1.54, 1.807) is 19.2 Å². The second kappa shape index (κ2) is 5.72. The van der Waals surface area contributed by atoms with Gasteiger partial charge in [-0.05, 0) is 30.5 Å². The lowest BCUT2D eigenvalue weighted by atomic mass is 9.93. The zero-order valence-electron chi connectivity index (χ0n) is 10.7. The molecule has 0 spiro atoms. The highest BCUT2D eigenvalue weighted by Gasteiger charge is 2.32. The van der Waals surface area contributed by atoms with Crippen LogP contribution >= 0.6 is 0 Å². The van der Waals surface area contributed by atoms with E-state index in [1.165, 1.54) is 4.90 Å². The van der Waals surface area contributed by atoms with E-state index in [1.807, 2.05) is 12.1 Å². The van der Waals surface area contributed by atoms with Crippen LogP contribution in [0.2, 0.25) is 0 Å². The topological polar surface area (TPSA) is 73.6 Å². The minimum absolute atomic E-state index is 0.0364. The smallest absolute Gasteiger partial charge is 0.407 e. The van der Waals surface area contributed by atoms with Gasteiger partial charge in [0.15, 0.2) is 0 Å². The Morgan fingerprint density at radius 3 is 2.63 bits per heavy atom. The van der Waals surface area contributed by atoms with Crippen LogP contribution in [0.1, 0.15) is 30.0 Å². The molecule has 100 valence electrons. The largest absolute Gasteiger partial charge is 0.465 e. The predicted molar refractivity (Wildman–Crippen MR) is 68.7 cm³/mol. The molecule has 1 amide bonds. The number of piperidine rings is 1. The van der Waals surface area contributed by atoms with Crippen LogP contribution in [0.3, 0.4) is 0 Å². The molecule has 1 aromatic rings. The van der Waals surface area contributed by atoms with E-state index in [2.05, 4.69) is 6.07 Å². The van der Waals surface area contributed by atoms with Crippen molar-refractivity contribution >= 4 is 6.09 Å². The standard InChI is InChI=1S/C14H16N2O3/c1-19-12-6-7-13(16(9-12)14(17)18)11-4-2-10(8-15)3-5-11/h2-5,12-13H,6-7,9H2,1H3,(H,17,18). The van der Waals surface area contributed by atoms with E-state index in [9.17, 15) is 9.90 Å². The third-order valence-corrected chi connectivity index (χ3v) is 3.54. The van der Waals surface area contributed by atoms with Crippen molar-refractivity contribution in [1.82, 2.24) is 4.90 Å². The molecule has 0 aromatic heterocycles. The lowest BCUT2D eigenvalue weighted by Crippen LogP contribution is -2.44. The van der Waals surface area contributed by atoms with Crippen molar-refractivity contribution in [3.63, 3.8) is 0 Å². The molecule has 0 bridgehead atoms. The van der Waals surface area contributed by atoms with Gasteiger partial charge in [0.2, 0.25) is 0 Å². The van der Waals surface area contributed by atoms with Crippen LogP contribution in [-0.4, -0.2) is 35.9 Å². The maximum absolute atomic E-state index is 11.3. The first-order valence-electron chi connectivity index (χ1n) is 6.18. The molecule has 2 atom stereocenters. The molecule has 19 heavy (non-hydrogen) atoms. The Kier molecular flexibility index (Phi) is 4.03. The molecule has 1 aromatic carbocycles. The van der Waals surface area contributed by atoms with Crippen molar-refractivity contribution < 1.29 is 14.6 Å². The molecular formula is C14H16N2O3. The Labute approximate surface area is 112 Å². The van der Waals surface area contributed by atoms with E-state index in [0.717, 1.165) is 18.4 Å². The monoisotopic (exact) mass is 260 g/mol. The SMILES string of the molecule is COC1CCC(c2ccc(C#N)cc2)N(C(=O)O)C1. The van der Waals surface area contributed by atoms with Crippen molar-refractivity contribution in [2.24, 2.45) is 0 Å². The molecule has 0 saturated carbocycles. The number of hydrogen-bond acceptors (Lipinski definition) is 3. The summed E-state index contributed by atoms with van der Waals surface area (Å²) >= 11 is 0. The lowest BCUT2D eigenvalue weighted by molar-refractivity contribution is 0.0101. The number of benzene rings is 1. The van der Waals surface area contributed by atoms with Gasteiger partial charge in [-0.1, -0.05) is 12.1 Å². The number of hydrogen-bond donors (Lipinski definition) is 1. The Morgan fingerprint density at radius 2 is 2.11 bits per heavy atom. The first-order valence-corrected chi connectivity index (χ1v) is 6.18. The number of carbonyl (C=O) groups is 1. The van der Waals surface area contributed by atoms with Gasteiger partial charge in [0, 0.05) is 7.11 Å². The van der Waals surface area contributed by atoms with Gasteiger partial charge in [-0.2, -0.15) is 5.26 Å². The third-order valence-electron chi connectivity index (χ3n) is 3.54. The van der Waals surface area contributed by atoms with Gasteiger partial charge >= 0.3 is 6.09 Å². The number of nitriles is 1. The number of nitrogens with zero attached hydrogens (tertiary/aromatic N) is 2. The summed E-state index contributed by atoms with van der Waals surface area (Å²) < 4.78 is 5.24. The van der Waals surface area contributed by atoms with E-state index >= 15 is 0 Å². The second-order valence-electron chi connectivity index (χ2n) is 4.62. The molecule has 1 saturated heterocycles. The van der Waals surface area contributed by atoms with Crippen molar-refractivity contribution in [3.8, 4) is 6.07 Å². The van der Waals surface area contributed by atoms with Gasteiger partial charge in [0.05, 0.1) is 30.3 Å². The first-order chi connectivity index (χ1) is 9.15. The van der Waals surface area contributed by atoms with Gasteiger partial charge in [0.25, 0.3) is 0 Å². The lowest BCUT2D eigenvalue weighted by Gasteiger charge is -2.37. The third kappa shape index (κ3) is 2.85. The molecule has 5 heteroatoms. The van der Waals surface area contributed by atoms with Crippen LogP contribution in [-0.2, 0) is 4.74 Å². The Balaban J connectivity index is 2.21. The molecule has 2 unspecified atom stereocenters. The zero-order valence-corrected chi connectivity index (χ0v) is 10.7. The molecule has 1 heterocycles. The number of ether oxygens (including phenoxy) is 1. The summed E-state index contributed by atoms with van der Waals surface area (Å²) in [6.07, 6.45) is 0.601. The molecule has 2 rings (SSSR count). The maximum atomic E-state index is 11.3. The number of amides is 1. The van der Waals surface area contributed by atoms with Gasteiger partial charge in [-0.25, -0.2) is 4.79 Å². The summed E-state index contributed by atoms with van der Waals surface area (Å²) in [5.74, 6) is 0. The molecule has 5 nitrogen and oxygen atoms in total. The van der Waals surface area contributed by atoms with E-state index in [0.29, 0.717) is 12.1 Å². The number of methoxy groups -OCH3 is 1. The van der Waals surface area contributed by atoms with Crippen molar-refractivity contribution in [2.75, 3.05) is 13.7 Å². The van der Waals surface area contributed by atoms with Crippen LogP contribution in [0.5, 0.6) is 0 Å². The number of likely N-dealkylation sites (tertiary alicyclic amines) is 1. The fourth-order valence-corrected chi connectivity index (χ4v) is 2.47. The van der Waals surface area contributed by atoms with Crippen LogP contribution in [0.15, 0.2) is 24.3 Å². The zero-order chi connectivity index (χ0) is 13.8. The van der Waals surface area contributed by atoms with Crippen molar-refractivity contribution in [3.05, 3.63) is 35.4 Å². The highest BCUT2D eigenvalue weighted by atomic mass is 16.5. The molecular weight excluding hydrogens is 244 g/mol. The van der Waals surface area contributed by atoms with Crippen molar-refractivity contribution in [1.29, 1.82) is 5.26 Å². The average molecular weight is 260 g/mol. The van der Waals surface area contributed by atoms with E-state index in [4.69, 9.17) is 10.00 Å². The highest BCUT2D eigenvalue weighted by molar-refractivity contribution is 5.66. The van der Waals surface area contributed by atoms with Crippen LogP contribution in [0, 0.1) is 11.3 Å². The summed E-state index contributed by atoms with van der Waals surface area (Å²) in [4.78, 5) is 12.8. The van der Waals surface area contributed by atoms with Crippen LogP contribution < -0.4 is 0 Å². The summed E-state index contributed by atoms with van der Waals surface area (Å²) in [7, 11) is 1.60. The molecule has 0 radical (unpaired) electrons. The van der Waals surface area contributed by atoms with Gasteiger partial charge in [0.1, 0.15) is 0 Å². The predicted octanol–water partition coefficient (Wildman–Crippen LogP) is 2.39. The summed E-state index contributed by atoms with van der Waals surface area (Å²) in [5, 5.41) is 18.1. The Bertz CT molecular complexity index is 492. The summed E-state index contributed by atoms with van der Waals surface area (Å²) in [5.41, 5.74) is 1.51. The van der Waals surface area contributed by atoms with Gasteiger partial charge < -0.3 is 9.84 Å². The normalized spacial score (nSPS) is 22.8. The molecule has 0 aliphatic carbocycles. The molecule has 1 fully saturated rings. The van der Waals surface area contributed by atoms with E-state index < -0.39 is 6.09 Å². The van der Waals surface area contributed by atoms with Crippen LogP contribution in [0.25, 0.3) is 0 Å². The fraction of sp³-hybridized carbons (Fsp3) is 0.429. The average Bonchev–Trinajstić information content (AvgIpc) is 2.46. The quantitative estimate of drug-likeness (QED) is 0.886. The maximum Gasteiger partial charge on any atom is 0.407 e. The summed E-state index contributed by atoms with van der Waals surface area (Å²) in [6, 6.07) is 8.99. The number of rotatable bonds is 2.